The molecule has 0 heterocycles. The van der Waals surface area contributed by atoms with Crippen molar-refractivity contribution in [3.05, 3.63) is 228 Å². The minimum atomic E-state index is -0.353. The van der Waals surface area contributed by atoms with E-state index in [1.165, 1.54) is 89.0 Å². The number of hydrogen-bond donors (Lipinski definition) is 0. The van der Waals surface area contributed by atoms with E-state index in [-0.39, 0.29) is 17.0 Å². The number of halogens is 2. The summed E-state index contributed by atoms with van der Waals surface area (Å²) in [5.74, 6) is -0.538. The van der Waals surface area contributed by atoms with Crippen LogP contribution in [0.2, 0.25) is 0 Å². The summed E-state index contributed by atoms with van der Waals surface area (Å²) in [6.07, 6.45) is 0.767. The van der Waals surface area contributed by atoms with Gasteiger partial charge in [0.1, 0.15) is 11.6 Å². The molecule has 0 fully saturated rings. The molecule has 0 aromatic heterocycles. The lowest BCUT2D eigenvalue weighted by atomic mass is 9.77. The molecule has 2 nitrogen and oxygen atoms in total. The average molecular weight is 803 g/mol. The van der Waals surface area contributed by atoms with Crippen molar-refractivity contribution in [2.24, 2.45) is 0 Å². The Bertz CT molecular complexity index is 3450. The van der Waals surface area contributed by atoms with Crippen molar-refractivity contribution >= 4 is 66.4 Å². The maximum Gasteiger partial charge on any atom is 0.125 e. The summed E-state index contributed by atoms with van der Waals surface area (Å²) < 4.78 is 29.6. The number of para-hydroxylation sites is 2. The number of benzene rings is 10. The molecule has 0 radical (unpaired) electrons. The second-order valence-electron chi connectivity index (χ2n) is 17.1. The molecule has 0 unspecified atom stereocenters. The zero-order chi connectivity index (χ0) is 41.7. The third kappa shape index (κ3) is 5.39. The number of nitrogens with zero attached hydrogens (tertiary/aromatic N) is 2. The molecule has 296 valence electrons. The molecule has 0 bridgehead atoms. The van der Waals surface area contributed by atoms with Gasteiger partial charge in [-0.1, -0.05) is 123 Å². The molecule has 0 atom stereocenters. The molecule has 4 heteroatoms. The van der Waals surface area contributed by atoms with Crippen molar-refractivity contribution in [1.82, 2.24) is 0 Å². The van der Waals surface area contributed by atoms with Gasteiger partial charge in [-0.15, -0.1) is 0 Å². The summed E-state index contributed by atoms with van der Waals surface area (Å²) >= 11 is 0. The summed E-state index contributed by atoms with van der Waals surface area (Å²) in [5, 5.41) is 7.59. The lowest BCUT2D eigenvalue weighted by Gasteiger charge is -2.28. The molecule has 0 saturated carbocycles. The normalized spacial score (nSPS) is 13.2. The molecule has 0 saturated heterocycles. The van der Waals surface area contributed by atoms with Crippen LogP contribution in [-0.2, 0) is 11.8 Å². The first kappa shape index (κ1) is 36.3. The van der Waals surface area contributed by atoms with Crippen LogP contribution in [0.15, 0.2) is 194 Å². The zero-order valence-corrected chi connectivity index (χ0v) is 34.3. The second-order valence-corrected chi connectivity index (χ2v) is 17.1. The third-order valence-corrected chi connectivity index (χ3v) is 13.3. The number of rotatable bonds is 6. The van der Waals surface area contributed by atoms with Gasteiger partial charge in [0.15, 0.2) is 0 Å². The third-order valence-electron chi connectivity index (χ3n) is 13.3. The van der Waals surface area contributed by atoms with E-state index in [1.807, 2.05) is 48.5 Å². The molecule has 10 aromatic carbocycles. The fourth-order valence-electron chi connectivity index (χ4n) is 10.8. The van der Waals surface area contributed by atoms with Gasteiger partial charge in [0.05, 0.1) is 0 Å². The van der Waals surface area contributed by atoms with E-state index in [0.29, 0.717) is 0 Å². The van der Waals surface area contributed by atoms with Gasteiger partial charge in [-0.2, -0.15) is 0 Å². The molecule has 2 aliphatic rings. The molecule has 2 aliphatic carbocycles. The Hall–Kier alpha value is -7.56. The first-order valence-electron chi connectivity index (χ1n) is 21.3. The van der Waals surface area contributed by atoms with E-state index < -0.39 is 0 Å². The highest BCUT2D eigenvalue weighted by atomic mass is 19.1. The highest BCUT2D eigenvalue weighted by Crippen LogP contribution is 2.59. The van der Waals surface area contributed by atoms with Gasteiger partial charge >= 0.3 is 0 Å². The highest BCUT2D eigenvalue weighted by molar-refractivity contribution is 6.30. The Kier molecular flexibility index (Phi) is 8.04. The zero-order valence-electron chi connectivity index (χ0n) is 34.3. The van der Waals surface area contributed by atoms with Gasteiger partial charge in [-0.05, 0) is 168 Å². The van der Waals surface area contributed by atoms with E-state index in [4.69, 9.17) is 0 Å². The molecular formula is C58H40F2N2. The van der Waals surface area contributed by atoms with Gasteiger partial charge < -0.3 is 9.80 Å². The van der Waals surface area contributed by atoms with Crippen LogP contribution in [0, 0.1) is 11.6 Å². The Labute approximate surface area is 359 Å². The maximum absolute atomic E-state index is 14.9. The molecule has 0 spiro atoms. The Morgan fingerprint density at radius 1 is 0.403 bits per heavy atom. The van der Waals surface area contributed by atoms with Crippen LogP contribution in [0.3, 0.4) is 0 Å². The Morgan fingerprint density at radius 3 is 1.48 bits per heavy atom. The van der Waals surface area contributed by atoms with Crippen LogP contribution in [0.1, 0.15) is 36.1 Å². The fraction of sp³-hybridized carbons (Fsp3) is 0.0690. The lowest BCUT2D eigenvalue weighted by Crippen LogP contribution is -2.17. The van der Waals surface area contributed by atoms with Crippen molar-refractivity contribution in [3.63, 3.8) is 0 Å². The van der Waals surface area contributed by atoms with Crippen molar-refractivity contribution in [2.75, 3.05) is 9.80 Å². The fourth-order valence-corrected chi connectivity index (χ4v) is 10.8. The average Bonchev–Trinajstić information content (AvgIpc) is 3.79. The van der Waals surface area contributed by atoms with Gasteiger partial charge in [0.2, 0.25) is 0 Å². The summed E-state index contributed by atoms with van der Waals surface area (Å²) in [6, 6.07) is 65.6. The summed E-state index contributed by atoms with van der Waals surface area (Å²) in [5.41, 5.74) is 15.3. The van der Waals surface area contributed by atoms with Gasteiger partial charge in [-0.25, -0.2) is 8.78 Å². The number of anilines is 6. The second kappa shape index (κ2) is 13.7. The minimum absolute atomic E-state index is 0.268. The van der Waals surface area contributed by atoms with Crippen LogP contribution in [0.4, 0.5) is 42.9 Å². The predicted molar refractivity (Wildman–Crippen MR) is 254 cm³/mol. The summed E-state index contributed by atoms with van der Waals surface area (Å²) in [6.45, 7) is 4.72. The predicted octanol–water partition coefficient (Wildman–Crippen LogP) is 16.2. The van der Waals surface area contributed by atoms with E-state index in [1.54, 1.807) is 24.3 Å². The van der Waals surface area contributed by atoms with E-state index in [0.717, 1.165) is 40.5 Å². The number of fused-ring (bicyclic) bond motifs is 15. The highest BCUT2D eigenvalue weighted by Gasteiger charge is 2.40. The number of hydrogen-bond acceptors (Lipinski definition) is 2. The molecule has 12 rings (SSSR count). The van der Waals surface area contributed by atoms with Crippen molar-refractivity contribution < 1.29 is 8.78 Å². The molecule has 0 N–H and O–H groups in total. The van der Waals surface area contributed by atoms with Crippen molar-refractivity contribution in [2.45, 2.75) is 25.7 Å². The Morgan fingerprint density at radius 2 is 0.887 bits per heavy atom. The van der Waals surface area contributed by atoms with Crippen LogP contribution in [0.5, 0.6) is 0 Å². The first-order chi connectivity index (χ1) is 30.3. The Balaban J connectivity index is 1.10. The largest absolute Gasteiger partial charge is 0.310 e. The molecule has 62 heavy (non-hydrogen) atoms. The van der Waals surface area contributed by atoms with Crippen LogP contribution in [0.25, 0.3) is 54.6 Å². The standard InChI is InChI=1S/C58H40F2N2/c1-58(2)52-35-44(62(40-19-7-4-8-20-40)42-22-14-16-38(60)34-42)28-30-50(52)56-55-47-24-10-9-23-46(47)53-45-29-27-43(61(39-17-5-3-6-18-39)41-21-13-15-37(59)33-41)31-36(45)32-51(53)54(55)48-25-11-12-26-49(48)57(56)58/h3-31,33-35H,32H2,1-2H3. The lowest BCUT2D eigenvalue weighted by molar-refractivity contribution is 0.627. The topological polar surface area (TPSA) is 6.48 Å². The SMILES string of the molecule is CC1(C)c2cc(N(c3ccccc3)c3cccc(F)c3)ccc2-c2c1c1ccccc1c1c3c(c4ccccc4c21)-c1ccc(N(c2ccccc2)c2cccc(F)c2)cc1C3. The quantitative estimate of drug-likeness (QED) is 0.155. The minimum Gasteiger partial charge on any atom is -0.310 e. The summed E-state index contributed by atoms with van der Waals surface area (Å²) in [4.78, 5) is 4.30. The van der Waals surface area contributed by atoms with E-state index in [9.17, 15) is 8.78 Å². The smallest absolute Gasteiger partial charge is 0.125 e. The molecule has 10 aromatic rings. The van der Waals surface area contributed by atoms with Gasteiger partial charge in [0, 0.05) is 39.5 Å². The van der Waals surface area contributed by atoms with E-state index in [2.05, 4.69) is 133 Å². The van der Waals surface area contributed by atoms with Crippen LogP contribution >= 0.6 is 0 Å². The van der Waals surface area contributed by atoms with Crippen LogP contribution < -0.4 is 9.80 Å². The van der Waals surface area contributed by atoms with Crippen molar-refractivity contribution in [1.29, 1.82) is 0 Å². The first-order valence-corrected chi connectivity index (χ1v) is 21.3. The maximum atomic E-state index is 14.9. The van der Waals surface area contributed by atoms with Gasteiger partial charge in [-0.3, -0.25) is 0 Å². The molecule has 0 aliphatic heterocycles. The van der Waals surface area contributed by atoms with E-state index >= 15 is 0 Å². The molecule has 0 amide bonds. The summed E-state index contributed by atoms with van der Waals surface area (Å²) in [7, 11) is 0. The van der Waals surface area contributed by atoms with Crippen LogP contribution in [-0.4, -0.2) is 0 Å². The monoisotopic (exact) mass is 802 g/mol. The molecular weight excluding hydrogens is 763 g/mol. The van der Waals surface area contributed by atoms with Crippen molar-refractivity contribution in [3.8, 4) is 22.3 Å². The van der Waals surface area contributed by atoms with Gasteiger partial charge in [0.25, 0.3) is 0 Å².